The van der Waals surface area contributed by atoms with Crippen molar-refractivity contribution in [1.82, 2.24) is 14.8 Å². The highest BCUT2D eigenvalue weighted by Crippen LogP contribution is 2.26. The van der Waals surface area contributed by atoms with Crippen LogP contribution in [-0.2, 0) is 4.79 Å². The number of likely N-dealkylation sites (tertiary alicyclic amines) is 2. The van der Waals surface area contributed by atoms with Crippen molar-refractivity contribution in [2.24, 2.45) is 5.73 Å². The minimum Gasteiger partial charge on any atom is -0.490 e. The van der Waals surface area contributed by atoms with Crippen LogP contribution in [0.3, 0.4) is 0 Å². The number of aromatic nitrogens is 1. The molecule has 2 fully saturated rings. The van der Waals surface area contributed by atoms with E-state index >= 15 is 0 Å². The summed E-state index contributed by atoms with van der Waals surface area (Å²) < 4.78 is 6.26. The first-order chi connectivity index (χ1) is 12.7. The Labute approximate surface area is 153 Å². The molecule has 0 spiro atoms. The Hall–Kier alpha value is -2.18. The van der Waals surface area contributed by atoms with Gasteiger partial charge in [-0.1, -0.05) is 12.1 Å². The molecule has 0 aliphatic carbocycles. The van der Waals surface area contributed by atoms with Gasteiger partial charge in [0.05, 0.1) is 18.2 Å². The van der Waals surface area contributed by atoms with Crippen LogP contribution in [0.4, 0.5) is 0 Å². The SMILES string of the molecule is N[C@@H]1CCCN1C(=O)CN1CCC(Oc2ccnc3ccccc23)CC1. The lowest BCUT2D eigenvalue weighted by atomic mass is 10.1. The number of amides is 1. The number of carbonyl (C=O) groups is 1. The molecule has 1 aromatic carbocycles. The number of carbonyl (C=O) groups excluding carboxylic acids is 1. The third kappa shape index (κ3) is 3.66. The van der Waals surface area contributed by atoms with Gasteiger partial charge >= 0.3 is 0 Å². The molecule has 138 valence electrons. The second kappa shape index (κ2) is 7.60. The molecule has 0 bridgehead atoms. The maximum atomic E-state index is 12.4. The minimum absolute atomic E-state index is 0.0941. The van der Waals surface area contributed by atoms with Gasteiger partial charge in [0.25, 0.3) is 0 Å². The quantitative estimate of drug-likeness (QED) is 0.909. The predicted molar refractivity (Wildman–Crippen MR) is 101 cm³/mol. The first kappa shape index (κ1) is 17.2. The zero-order valence-corrected chi connectivity index (χ0v) is 15.0. The molecule has 6 nitrogen and oxygen atoms in total. The van der Waals surface area contributed by atoms with Crippen molar-refractivity contribution in [3.63, 3.8) is 0 Å². The molecular weight excluding hydrogens is 328 g/mol. The van der Waals surface area contributed by atoms with E-state index in [1.165, 1.54) is 0 Å². The minimum atomic E-state index is -0.0941. The molecule has 0 radical (unpaired) electrons. The summed E-state index contributed by atoms with van der Waals surface area (Å²) in [5.41, 5.74) is 6.95. The number of para-hydroxylation sites is 1. The van der Waals surface area contributed by atoms with E-state index in [0.717, 1.165) is 62.0 Å². The van der Waals surface area contributed by atoms with Crippen molar-refractivity contribution in [3.8, 4) is 5.75 Å². The van der Waals surface area contributed by atoms with Crippen molar-refractivity contribution < 1.29 is 9.53 Å². The van der Waals surface area contributed by atoms with Crippen LogP contribution in [0.15, 0.2) is 36.5 Å². The average Bonchev–Trinajstić information content (AvgIpc) is 3.10. The molecule has 26 heavy (non-hydrogen) atoms. The summed E-state index contributed by atoms with van der Waals surface area (Å²) in [6.07, 6.45) is 5.67. The monoisotopic (exact) mass is 354 g/mol. The standard InChI is InChI=1S/C20H26N4O2/c21-19-6-3-11-24(19)20(25)14-23-12-8-15(9-13-23)26-18-7-10-22-17-5-2-1-4-16(17)18/h1-2,4-5,7,10,15,19H,3,6,8-9,11-14,21H2/t19-/m0/s1. The third-order valence-corrected chi connectivity index (χ3v) is 5.42. The largest absolute Gasteiger partial charge is 0.490 e. The van der Waals surface area contributed by atoms with Crippen molar-refractivity contribution in [3.05, 3.63) is 36.5 Å². The van der Waals surface area contributed by atoms with Crippen LogP contribution in [0.2, 0.25) is 0 Å². The maximum Gasteiger partial charge on any atom is 0.237 e. The molecule has 2 aliphatic heterocycles. The van der Waals surface area contributed by atoms with Gasteiger partial charge in [-0.05, 0) is 43.9 Å². The van der Waals surface area contributed by atoms with Crippen LogP contribution in [0.25, 0.3) is 10.9 Å². The number of piperidine rings is 1. The second-order valence-electron chi connectivity index (χ2n) is 7.22. The molecule has 6 heteroatoms. The lowest BCUT2D eigenvalue weighted by Crippen LogP contribution is -2.48. The Kier molecular flexibility index (Phi) is 5.04. The third-order valence-electron chi connectivity index (χ3n) is 5.42. The Balaban J connectivity index is 1.31. The van der Waals surface area contributed by atoms with E-state index in [-0.39, 0.29) is 18.2 Å². The molecule has 1 aromatic heterocycles. The van der Waals surface area contributed by atoms with Crippen LogP contribution in [0, 0.1) is 0 Å². The number of nitrogens with two attached hydrogens (primary N) is 1. The Morgan fingerprint density at radius 1 is 1.15 bits per heavy atom. The molecule has 1 atom stereocenters. The number of fused-ring (bicyclic) bond motifs is 1. The van der Waals surface area contributed by atoms with Gasteiger partial charge in [-0.15, -0.1) is 0 Å². The normalized spacial score (nSPS) is 22.0. The van der Waals surface area contributed by atoms with E-state index < -0.39 is 0 Å². The van der Waals surface area contributed by atoms with E-state index in [0.29, 0.717) is 6.54 Å². The average molecular weight is 354 g/mol. The smallest absolute Gasteiger partial charge is 0.237 e. The van der Waals surface area contributed by atoms with Crippen LogP contribution in [-0.4, -0.2) is 59.1 Å². The topological polar surface area (TPSA) is 71.7 Å². The molecule has 0 unspecified atom stereocenters. The number of nitrogens with zero attached hydrogens (tertiary/aromatic N) is 3. The van der Waals surface area contributed by atoms with Gasteiger partial charge in [0.1, 0.15) is 11.9 Å². The zero-order chi connectivity index (χ0) is 17.9. The van der Waals surface area contributed by atoms with E-state index in [1.807, 2.05) is 35.2 Å². The fourth-order valence-electron chi connectivity index (χ4n) is 3.92. The number of ether oxygens (including phenoxy) is 1. The van der Waals surface area contributed by atoms with Crippen LogP contribution < -0.4 is 10.5 Å². The number of pyridine rings is 1. The predicted octanol–water partition coefficient (Wildman–Crippen LogP) is 1.99. The number of hydrogen-bond acceptors (Lipinski definition) is 5. The molecule has 2 aliphatic rings. The van der Waals surface area contributed by atoms with Gasteiger partial charge in [-0.2, -0.15) is 0 Å². The first-order valence-electron chi connectivity index (χ1n) is 9.48. The van der Waals surface area contributed by atoms with Crippen LogP contribution >= 0.6 is 0 Å². The van der Waals surface area contributed by atoms with Gasteiger partial charge in [0.2, 0.25) is 5.91 Å². The highest BCUT2D eigenvalue weighted by atomic mass is 16.5. The highest BCUT2D eigenvalue weighted by molar-refractivity contribution is 5.84. The summed E-state index contributed by atoms with van der Waals surface area (Å²) in [6, 6.07) is 9.98. The molecule has 3 heterocycles. The van der Waals surface area contributed by atoms with E-state index in [1.54, 1.807) is 6.20 Å². The summed E-state index contributed by atoms with van der Waals surface area (Å²) in [7, 11) is 0. The number of hydrogen-bond donors (Lipinski definition) is 1. The highest BCUT2D eigenvalue weighted by Gasteiger charge is 2.28. The Bertz CT molecular complexity index is 768. The van der Waals surface area contributed by atoms with Gasteiger partial charge in [0, 0.05) is 31.2 Å². The van der Waals surface area contributed by atoms with Gasteiger partial charge in [0.15, 0.2) is 0 Å². The fraction of sp³-hybridized carbons (Fsp3) is 0.500. The van der Waals surface area contributed by atoms with Crippen molar-refractivity contribution in [1.29, 1.82) is 0 Å². The van der Waals surface area contributed by atoms with Crippen molar-refractivity contribution >= 4 is 16.8 Å². The summed E-state index contributed by atoms with van der Waals surface area (Å²) >= 11 is 0. The van der Waals surface area contributed by atoms with Crippen LogP contribution in [0.5, 0.6) is 5.75 Å². The molecule has 2 aromatic rings. The second-order valence-corrected chi connectivity index (χ2v) is 7.22. The van der Waals surface area contributed by atoms with E-state index in [2.05, 4.69) is 9.88 Å². The Morgan fingerprint density at radius 3 is 2.73 bits per heavy atom. The van der Waals surface area contributed by atoms with E-state index in [9.17, 15) is 4.79 Å². The summed E-state index contributed by atoms with van der Waals surface area (Å²) in [4.78, 5) is 20.8. The molecule has 1 amide bonds. The lowest BCUT2D eigenvalue weighted by molar-refractivity contribution is -0.133. The number of benzene rings is 1. The molecule has 2 saturated heterocycles. The maximum absolute atomic E-state index is 12.4. The van der Waals surface area contributed by atoms with Crippen molar-refractivity contribution in [2.45, 2.75) is 38.0 Å². The van der Waals surface area contributed by atoms with Gasteiger partial charge in [-0.25, -0.2) is 0 Å². The fourth-order valence-corrected chi connectivity index (χ4v) is 3.92. The van der Waals surface area contributed by atoms with Crippen LogP contribution in [0.1, 0.15) is 25.7 Å². The summed E-state index contributed by atoms with van der Waals surface area (Å²) in [5.74, 6) is 1.06. The number of rotatable bonds is 4. The summed E-state index contributed by atoms with van der Waals surface area (Å²) in [5, 5.41) is 1.05. The molecule has 0 saturated carbocycles. The van der Waals surface area contributed by atoms with Crippen molar-refractivity contribution in [2.75, 3.05) is 26.2 Å². The summed E-state index contributed by atoms with van der Waals surface area (Å²) in [6.45, 7) is 3.03. The zero-order valence-electron chi connectivity index (χ0n) is 15.0. The Morgan fingerprint density at radius 2 is 1.96 bits per heavy atom. The molecular formula is C20H26N4O2. The van der Waals surface area contributed by atoms with Gasteiger partial charge in [-0.3, -0.25) is 14.7 Å². The lowest BCUT2D eigenvalue weighted by Gasteiger charge is -2.33. The first-order valence-corrected chi connectivity index (χ1v) is 9.48. The van der Waals surface area contributed by atoms with Gasteiger partial charge < -0.3 is 15.4 Å². The molecule has 2 N–H and O–H groups in total. The molecule has 4 rings (SSSR count). The van der Waals surface area contributed by atoms with E-state index in [4.69, 9.17) is 10.5 Å².